The molecule has 2 aromatic carbocycles. The van der Waals surface area contributed by atoms with Crippen molar-refractivity contribution in [2.45, 2.75) is 20.0 Å². The molecular formula is C23H24ClN3O. The highest BCUT2D eigenvalue weighted by Gasteiger charge is 2.15. The number of aryl methyl sites for hydroxylation is 1. The number of hydrogen-bond donors (Lipinski definition) is 1. The highest BCUT2D eigenvalue weighted by Crippen LogP contribution is 2.17. The first-order valence-electron chi connectivity index (χ1n) is 9.17. The molecular weight excluding hydrogens is 370 g/mol. The quantitative estimate of drug-likeness (QED) is 0.512. The third-order valence-corrected chi connectivity index (χ3v) is 4.66. The van der Waals surface area contributed by atoms with Gasteiger partial charge in [-0.2, -0.15) is 0 Å². The van der Waals surface area contributed by atoms with E-state index >= 15 is 0 Å². The first kappa shape index (κ1) is 19.8. The molecule has 0 saturated heterocycles. The van der Waals surface area contributed by atoms with Crippen LogP contribution in [0, 0.1) is 6.92 Å². The van der Waals surface area contributed by atoms with Gasteiger partial charge in [0.05, 0.1) is 6.54 Å². The summed E-state index contributed by atoms with van der Waals surface area (Å²) in [5.74, 6) is 0. The van der Waals surface area contributed by atoms with Gasteiger partial charge in [-0.15, -0.1) is 6.58 Å². The highest BCUT2D eigenvalue weighted by atomic mass is 35.5. The molecule has 0 bridgehead atoms. The molecule has 28 heavy (non-hydrogen) atoms. The molecule has 3 rings (SSSR count). The van der Waals surface area contributed by atoms with E-state index < -0.39 is 0 Å². The Morgan fingerprint density at radius 2 is 2.00 bits per heavy atom. The Kier molecular flexibility index (Phi) is 6.56. The summed E-state index contributed by atoms with van der Waals surface area (Å²) >= 11 is 6.01. The van der Waals surface area contributed by atoms with Crippen molar-refractivity contribution in [1.82, 2.24) is 9.47 Å². The molecule has 1 aromatic heterocycles. The van der Waals surface area contributed by atoms with Crippen molar-refractivity contribution in [2.75, 3.05) is 11.9 Å². The Morgan fingerprint density at radius 3 is 2.75 bits per heavy atom. The van der Waals surface area contributed by atoms with Crippen molar-refractivity contribution in [3.8, 4) is 0 Å². The van der Waals surface area contributed by atoms with E-state index in [2.05, 4.69) is 47.7 Å². The van der Waals surface area contributed by atoms with Crippen molar-refractivity contribution >= 4 is 23.3 Å². The zero-order valence-electron chi connectivity index (χ0n) is 15.9. The summed E-state index contributed by atoms with van der Waals surface area (Å²) in [4.78, 5) is 14.5. The van der Waals surface area contributed by atoms with E-state index in [9.17, 15) is 4.79 Å². The fourth-order valence-corrected chi connectivity index (χ4v) is 3.28. The van der Waals surface area contributed by atoms with Gasteiger partial charge in [0, 0.05) is 35.7 Å². The second kappa shape index (κ2) is 9.29. The van der Waals surface area contributed by atoms with Gasteiger partial charge >= 0.3 is 6.03 Å². The smallest absolute Gasteiger partial charge is 0.322 e. The lowest BCUT2D eigenvalue weighted by Gasteiger charge is -2.23. The van der Waals surface area contributed by atoms with Gasteiger partial charge in [-0.1, -0.05) is 53.6 Å². The summed E-state index contributed by atoms with van der Waals surface area (Å²) in [7, 11) is 0. The zero-order chi connectivity index (χ0) is 19.9. The normalized spacial score (nSPS) is 10.5. The van der Waals surface area contributed by atoms with Crippen LogP contribution in [0.1, 0.15) is 16.8 Å². The molecule has 0 atom stereocenters. The summed E-state index contributed by atoms with van der Waals surface area (Å²) in [5.41, 5.74) is 4.20. The van der Waals surface area contributed by atoms with E-state index in [1.807, 2.05) is 30.5 Å². The molecule has 5 heteroatoms. The van der Waals surface area contributed by atoms with Gasteiger partial charge in [-0.3, -0.25) is 0 Å². The second-order valence-corrected chi connectivity index (χ2v) is 7.16. The lowest BCUT2D eigenvalue weighted by Crippen LogP contribution is -2.35. The van der Waals surface area contributed by atoms with Gasteiger partial charge in [-0.05, 0) is 42.8 Å². The summed E-state index contributed by atoms with van der Waals surface area (Å²) in [6, 6.07) is 19.4. The highest BCUT2D eigenvalue weighted by molar-refractivity contribution is 6.30. The maximum absolute atomic E-state index is 12.8. The van der Waals surface area contributed by atoms with Crippen LogP contribution in [-0.2, 0) is 13.1 Å². The van der Waals surface area contributed by atoms with E-state index in [-0.39, 0.29) is 6.03 Å². The molecule has 1 heterocycles. The fourth-order valence-electron chi connectivity index (χ4n) is 3.09. The van der Waals surface area contributed by atoms with Crippen LogP contribution < -0.4 is 5.32 Å². The number of nitrogens with zero attached hydrogens (tertiary/aromatic N) is 2. The molecule has 0 radical (unpaired) electrons. The number of aromatic nitrogens is 1. The van der Waals surface area contributed by atoms with Gasteiger partial charge in [0.1, 0.15) is 0 Å². The molecule has 4 nitrogen and oxygen atoms in total. The minimum Gasteiger partial charge on any atom is -0.345 e. The SMILES string of the molecule is C=CCN(Cc1cccn1Cc1cccc(C)c1)C(=O)Nc1cccc(Cl)c1. The molecule has 0 unspecified atom stereocenters. The van der Waals surface area contributed by atoms with Crippen LogP contribution in [0.25, 0.3) is 0 Å². The topological polar surface area (TPSA) is 37.3 Å². The molecule has 0 saturated carbocycles. The monoisotopic (exact) mass is 393 g/mol. The van der Waals surface area contributed by atoms with Crippen LogP contribution in [0.15, 0.2) is 79.5 Å². The number of anilines is 1. The number of carbonyl (C=O) groups is 1. The van der Waals surface area contributed by atoms with Crippen LogP contribution in [0.3, 0.4) is 0 Å². The number of halogens is 1. The predicted octanol–water partition coefficient (Wildman–Crippen LogP) is 5.72. The number of amides is 2. The van der Waals surface area contributed by atoms with Crippen molar-refractivity contribution in [1.29, 1.82) is 0 Å². The number of urea groups is 1. The second-order valence-electron chi connectivity index (χ2n) is 6.73. The molecule has 2 amide bonds. The number of rotatable bonds is 7. The molecule has 0 aliphatic carbocycles. The van der Waals surface area contributed by atoms with E-state index in [1.165, 1.54) is 11.1 Å². The largest absolute Gasteiger partial charge is 0.345 e. The lowest BCUT2D eigenvalue weighted by atomic mass is 10.1. The first-order valence-corrected chi connectivity index (χ1v) is 9.55. The first-order chi connectivity index (χ1) is 13.5. The van der Waals surface area contributed by atoms with Crippen molar-refractivity contribution < 1.29 is 4.79 Å². The third-order valence-electron chi connectivity index (χ3n) is 4.42. The van der Waals surface area contributed by atoms with E-state index in [4.69, 9.17) is 11.6 Å². The third kappa shape index (κ3) is 5.27. The fraction of sp³-hybridized carbons (Fsp3) is 0.174. The van der Waals surface area contributed by atoms with Crippen molar-refractivity contribution in [3.05, 3.63) is 101 Å². The minimum atomic E-state index is -0.189. The minimum absolute atomic E-state index is 0.189. The van der Waals surface area contributed by atoms with Crippen LogP contribution >= 0.6 is 11.6 Å². The van der Waals surface area contributed by atoms with E-state index in [1.54, 1.807) is 23.1 Å². The average molecular weight is 394 g/mol. The number of benzene rings is 2. The average Bonchev–Trinajstić information content (AvgIpc) is 3.08. The van der Waals surface area contributed by atoms with Gasteiger partial charge in [0.15, 0.2) is 0 Å². The van der Waals surface area contributed by atoms with E-state index in [0.29, 0.717) is 23.8 Å². The Bertz CT molecular complexity index is 964. The summed E-state index contributed by atoms with van der Waals surface area (Å²) < 4.78 is 2.16. The molecule has 0 fully saturated rings. The van der Waals surface area contributed by atoms with Crippen LogP contribution in [0.5, 0.6) is 0 Å². The van der Waals surface area contributed by atoms with Crippen molar-refractivity contribution in [2.24, 2.45) is 0 Å². The van der Waals surface area contributed by atoms with Gasteiger partial charge in [0.25, 0.3) is 0 Å². The Balaban J connectivity index is 1.73. The van der Waals surface area contributed by atoms with Crippen LogP contribution in [0.2, 0.25) is 5.02 Å². The summed E-state index contributed by atoms with van der Waals surface area (Å²) in [6.45, 7) is 7.57. The Labute approximate surface area is 171 Å². The Hall–Kier alpha value is -2.98. The van der Waals surface area contributed by atoms with Gasteiger partial charge in [0.2, 0.25) is 0 Å². The van der Waals surface area contributed by atoms with Gasteiger partial charge < -0.3 is 14.8 Å². The Morgan fingerprint density at radius 1 is 1.18 bits per heavy atom. The summed E-state index contributed by atoms with van der Waals surface area (Å²) in [6.07, 6.45) is 3.77. The number of hydrogen-bond acceptors (Lipinski definition) is 1. The van der Waals surface area contributed by atoms with E-state index in [0.717, 1.165) is 12.2 Å². The maximum Gasteiger partial charge on any atom is 0.322 e. The number of nitrogens with one attached hydrogen (secondary N) is 1. The zero-order valence-corrected chi connectivity index (χ0v) is 16.7. The summed E-state index contributed by atoms with van der Waals surface area (Å²) in [5, 5.41) is 3.49. The van der Waals surface area contributed by atoms with Crippen LogP contribution in [-0.4, -0.2) is 22.0 Å². The lowest BCUT2D eigenvalue weighted by molar-refractivity contribution is 0.214. The standard InChI is InChI=1S/C23H24ClN3O/c1-3-12-27(23(28)25-21-10-5-9-20(24)15-21)17-22-11-6-13-26(22)16-19-8-4-7-18(2)14-19/h3-11,13-15H,1,12,16-17H2,2H3,(H,25,28). The number of carbonyl (C=O) groups excluding carboxylic acids is 1. The predicted molar refractivity (Wildman–Crippen MR) is 116 cm³/mol. The molecule has 3 aromatic rings. The molecule has 144 valence electrons. The van der Waals surface area contributed by atoms with Crippen molar-refractivity contribution in [3.63, 3.8) is 0 Å². The molecule has 0 aliphatic rings. The van der Waals surface area contributed by atoms with Crippen LogP contribution in [0.4, 0.5) is 10.5 Å². The molecule has 0 spiro atoms. The molecule has 0 aliphatic heterocycles. The molecule has 1 N–H and O–H groups in total. The van der Waals surface area contributed by atoms with Gasteiger partial charge in [-0.25, -0.2) is 4.79 Å². The maximum atomic E-state index is 12.8.